The topological polar surface area (TPSA) is 63.8 Å². The van der Waals surface area contributed by atoms with E-state index in [0.29, 0.717) is 11.6 Å². The van der Waals surface area contributed by atoms with E-state index in [4.69, 9.17) is 11.6 Å². The maximum absolute atomic E-state index is 10.3. The Morgan fingerprint density at radius 2 is 2.22 bits per heavy atom. The highest BCUT2D eigenvalue weighted by Crippen LogP contribution is 2.28. The summed E-state index contributed by atoms with van der Waals surface area (Å²) in [5, 5.41) is 19.1. The van der Waals surface area contributed by atoms with E-state index in [1.165, 1.54) is 11.5 Å². The molecule has 0 spiro atoms. The van der Waals surface area contributed by atoms with Gasteiger partial charge in [-0.05, 0) is 24.9 Å². The molecule has 5 nitrogen and oxygen atoms in total. The predicted molar refractivity (Wildman–Crippen MR) is 70.9 cm³/mol. The highest BCUT2D eigenvalue weighted by Gasteiger charge is 2.20. The van der Waals surface area contributed by atoms with Gasteiger partial charge in [-0.15, -0.1) is 5.10 Å². The Bertz CT molecular complexity index is 551. The molecule has 2 aromatic rings. The summed E-state index contributed by atoms with van der Waals surface area (Å²) >= 11 is 7.39. The van der Waals surface area contributed by atoms with Gasteiger partial charge in [0, 0.05) is 19.0 Å². The number of nitrogens with zero attached hydrogens (tertiary/aromatic N) is 4. The third-order valence-electron chi connectivity index (χ3n) is 2.89. The van der Waals surface area contributed by atoms with Gasteiger partial charge in [-0.25, -0.2) is 0 Å². The Hall–Kier alpha value is -0.980. The summed E-state index contributed by atoms with van der Waals surface area (Å²) in [6.45, 7) is 3.88. The van der Waals surface area contributed by atoms with Crippen LogP contribution in [0.2, 0.25) is 5.15 Å². The number of aromatic nitrogens is 4. The molecule has 1 N–H and O–H groups in total. The molecule has 0 radical (unpaired) electrons. The van der Waals surface area contributed by atoms with Gasteiger partial charge in [-0.3, -0.25) is 4.68 Å². The molecule has 2 rings (SSSR count). The van der Waals surface area contributed by atoms with Crippen molar-refractivity contribution in [2.45, 2.75) is 32.8 Å². The second-order valence-electron chi connectivity index (χ2n) is 4.14. The van der Waals surface area contributed by atoms with Crippen LogP contribution in [0.15, 0.2) is 0 Å². The molecule has 1 atom stereocenters. The van der Waals surface area contributed by atoms with E-state index in [-0.39, 0.29) is 0 Å². The van der Waals surface area contributed by atoms with E-state index in [1.54, 1.807) is 11.7 Å². The second-order valence-corrected chi connectivity index (χ2v) is 5.28. The zero-order valence-electron chi connectivity index (χ0n) is 10.5. The summed E-state index contributed by atoms with van der Waals surface area (Å²) in [4.78, 5) is 0.816. The summed E-state index contributed by atoms with van der Waals surface area (Å²) in [6, 6.07) is 0. The summed E-state index contributed by atoms with van der Waals surface area (Å²) < 4.78 is 5.50. The minimum atomic E-state index is -0.625. The molecular formula is C11H15ClN4OS. The van der Waals surface area contributed by atoms with Crippen molar-refractivity contribution in [3.8, 4) is 0 Å². The average Bonchev–Trinajstić information content (AvgIpc) is 2.90. The van der Waals surface area contributed by atoms with Gasteiger partial charge in [0.25, 0.3) is 0 Å². The lowest BCUT2D eigenvalue weighted by Gasteiger charge is -2.09. The van der Waals surface area contributed by atoms with Crippen LogP contribution in [0.5, 0.6) is 0 Å². The fourth-order valence-electron chi connectivity index (χ4n) is 1.91. The number of hydrogen-bond donors (Lipinski definition) is 1. The van der Waals surface area contributed by atoms with E-state index in [9.17, 15) is 5.11 Å². The van der Waals surface area contributed by atoms with Crippen LogP contribution in [-0.4, -0.2) is 24.5 Å². The number of aliphatic hydroxyl groups excluding tert-OH is 1. The van der Waals surface area contributed by atoms with Crippen LogP contribution in [0.4, 0.5) is 0 Å². The fraction of sp³-hybridized carbons (Fsp3) is 0.545. The lowest BCUT2D eigenvalue weighted by atomic mass is 10.1. The minimum Gasteiger partial charge on any atom is -0.387 e. The lowest BCUT2D eigenvalue weighted by Crippen LogP contribution is -2.03. The first-order chi connectivity index (χ1) is 8.54. The van der Waals surface area contributed by atoms with E-state index >= 15 is 0 Å². The Labute approximate surface area is 115 Å². The smallest absolute Gasteiger partial charge is 0.130 e. The number of hydrogen-bond acceptors (Lipinski definition) is 5. The number of aliphatic hydroxyl groups is 1. The monoisotopic (exact) mass is 286 g/mol. The van der Waals surface area contributed by atoms with Crippen molar-refractivity contribution < 1.29 is 5.11 Å². The van der Waals surface area contributed by atoms with Crippen LogP contribution >= 0.6 is 23.1 Å². The third kappa shape index (κ3) is 2.41. The highest BCUT2D eigenvalue weighted by atomic mass is 35.5. The minimum absolute atomic E-state index is 0.440. The summed E-state index contributed by atoms with van der Waals surface area (Å²) in [5.74, 6) is 0. The fourth-order valence-corrected chi connectivity index (χ4v) is 2.88. The van der Waals surface area contributed by atoms with E-state index in [1.807, 2.05) is 13.8 Å². The number of halogens is 1. The van der Waals surface area contributed by atoms with Crippen LogP contribution in [-0.2, 0) is 19.9 Å². The standard InChI is InChI=1S/C11H15ClN4OS/c1-4-8-10(18-15-13-8)9(17)5-7-6(2)14-16(3)11(7)12/h9,17H,4-5H2,1-3H3. The molecule has 0 aliphatic carbocycles. The molecule has 2 heterocycles. The molecule has 1 unspecified atom stereocenters. The van der Waals surface area contributed by atoms with E-state index in [2.05, 4.69) is 14.7 Å². The van der Waals surface area contributed by atoms with Crippen molar-refractivity contribution in [3.05, 3.63) is 27.0 Å². The van der Waals surface area contributed by atoms with Crippen molar-refractivity contribution in [3.63, 3.8) is 0 Å². The molecule has 7 heteroatoms. The van der Waals surface area contributed by atoms with Crippen molar-refractivity contribution in [2.24, 2.45) is 7.05 Å². The summed E-state index contributed by atoms with van der Waals surface area (Å²) in [5.41, 5.74) is 2.57. The van der Waals surface area contributed by atoms with Gasteiger partial charge in [0.05, 0.1) is 22.4 Å². The van der Waals surface area contributed by atoms with Gasteiger partial charge in [0.1, 0.15) is 5.15 Å². The molecule has 0 saturated carbocycles. The SMILES string of the molecule is CCc1nnsc1C(O)Cc1c(C)nn(C)c1Cl. The predicted octanol–water partition coefficient (Wildman–Crippen LogP) is 2.07. The normalized spacial score (nSPS) is 12.9. The molecule has 0 amide bonds. The lowest BCUT2D eigenvalue weighted by molar-refractivity contribution is 0.181. The summed E-state index contributed by atoms with van der Waals surface area (Å²) in [6.07, 6.45) is 0.582. The highest BCUT2D eigenvalue weighted by molar-refractivity contribution is 7.05. The molecule has 0 fully saturated rings. The Balaban J connectivity index is 2.24. The van der Waals surface area contributed by atoms with E-state index in [0.717, 1.165) is 28.2 Å². The Morgan fingerprint density at radius 1 is 1.50 bits per heavy atom. The molecule has 18 heavy (non-hydrogen) atoms. The average molecular weight is 287 g/mol. The zero-order chi connectivity index (χ0) is 13.3. The van der Waals surface area contributed by atoms with Crippen LogP contribution in [0.25, 0.3) is 0 Å². The third-order valence-corrected chi connectivity index (χ3v) is 4.23. The van der Waals surface area contributed by atoms with Crippen LogP contribution in [0.3, 0.4) is 0 Å². The summed E-state index contributed by atoms with van der Waals surface area (Å²) in [7, 11) is 1.79. The van der Waals surface area contributed by atoms with Gasteiger partial charge < -0.3 is 5.11 Å². The maximum Gasteiger partial charge on any atom is 0.130 e. The van der Waals surface area contributed by atoms with Crippen LogP contribution in [0.1, 0.15) is 34.9 Å². The largest absolute Gasteiger partial charge is 0.387 e. The molecule has 0 aromatic carbocycles. The van der Waals surface area contributed by atoms with E-state index < -0.39 is 6.10 Å². The number of rotatable bonds is 4. The molecule has 0 bridgehead atoms. The first kappa shape index (κ1) is 13.5. The van der Waals surface area contributed by atoms with Gasteiger partial charge in [0.15, 0.2) is 0 Å². The van der Waals surface area contributed by atoms with Crippen LogP contribution < -0.4 is 0 Å². The molecule has 0 aliphatic heterocycles. The van der Waals surface area contributed by atoms with Crippen LogP contribution in [0, 0.1) is 6.92 Å². The van der Waals surface area contributed by atoms with Gasteiger partial charge >= 0.3 is 0 Å². The molecule has 0 saturated heterocycles. The maximum atomic E-state index is 10.3. The molecule has 98 valence electrons. The van der Waals surface area contributed by atoms with Gasteiger partial charge in [-0.2, -0.15) is 5.10 Å². The molecular weight excluding hydrogens is 272 g/mol. The van der Waals surface area contributed by atoms with Crippen molar-refractivity contribution in [1.82, 2.24) is 19.4 Å². The quantitative estimate of drug-likeness (QED) is 0.934. The molecule has 2 aromatic heterocycles. The van der Waals surface area contributed by atoms with Gasteiger partial charge in [0.2, 0.25) is 0 Å². The first-order valence-electron chi connectivity index (χ1n) is 5.71. The first-order valence-corrected chi connectivity index (χ1v) is 6.86. The van der Waals surface area contributed by atoms with Crippen molar-refractivity contribution >= 4 is 23.1 Å². The Kier molecular flexibility index (Phi) is 3.99. The number of aryl methyl sites for hydroxylation is 3. The van der Waals surface area contributed by atoms with Gasteiger partial charge in [-0.1, -0.05) is 23.0 Å². The van der Waals surface area contributed by atoms with Crippen molar-refractivity contribution in [2.75, 3.05) is 0 Å². The van der Waals surface area contributed by atoms with Crippen molar-refractivity contribution in [1.29, 1.82) is 0 Å². The second kappa shape index (κ2) is 5.34. The molecule has 0 aliphatic rings. The Morgan fingerprint density at radius 3 is 2.78 bits per heavy atom. The zero-order valence-corrected chi connectivity index (χ0v) is 12.1.